The Morgan fingerprint density at radius 1 is 1.31 bits per heavy atom. The second kappa shape index (κ2) is 9.20. The van der Waals surface area contributed by atoms with Crippen LogP contribution in [-0.4, -0.2) is 77.4 Å². The van der Waals surface area contributed by atoms with Gasteiger partial charge in [-0.25, -0.2) is 0 Å². The van der Waals surface area contributed by atoms with Gasteiger partial charge in [-0.05, 0) is 27.2 Å². The van der Waals surface area contributed by atoms with Gasteiger partial charge in [0.05, 0.1) is 0 Å². The van der Waals surface area contributed by atoms with Crippen molar-refractivity contribution < 1.29 is 17.7 Å². The van der Waals surface area contributed by atoms with E-state index in [9.17, 15) is 13.2 Å². The molecule has 0 saturated carbocycles. The molecule has 0 amide bonds. The molecule has 10 heteroatoms. The molecule has 2 heterocycles. The predicted octanol–water partition coefficient (Wildman–Crippen LogP) is 1.84. The molecular weight excluding hydrogens is 349 g/mol. The summed E-state index contributed by atoms with van der Waals surface area (Å²) in [4.78, 5) is 12.2. The van der Waals surface area contributed by atoms with E-state index >= 15 is 0 Å². The van der Waals surface area contributed by atoms with Crippen LogP contribution >= 0.6 is 0 Å². The minimum atomic E-state index is -4.19. The lowest BCUT2D eigenvalue weighted by atomic mass is 10.2. The van der Waals surface area contributed by atoms with E-state index in [-0.39, 0.29) is 0 Å². The van der Waals surface area contributed by atoms with Crippen LogP contribution in [0.1, 0.15) is 32.0 Å². The molecule has 1 unspecified atom stereocenters. The molecule has 1 fully saturated rings. The van der Waals surface area contributed by atoms with Crippen molar-refractivity contribution in [3.63, 3.8) is 0 Å². The largest absolute Gasteiger partial charge is 0.403 e. The third-order valence-corrected chi connectivity index (χ3v) is 4.35. The van der Waals surface area contributed by atoms with Crippen LogP contribution in [0.15, 0.2) is 9.52 Å². The minimum Gasteiger partial charge on any atom is -0.357 e. The SMILES string of the molecule is CCNC(=NCCCc1nc(C)no1)N1CCN(C(C)C(F)(F)F)CC1. The normalized spacial score (nSPS) is 18.2. The Hall–Kier alpha value is -1.84. The fraction of sp³-hybridized carbons (Fsp3) is 0.812. The predicted molar refractivity (Wildman–Crippen MR) is 92.0 cm³/mol. The Kier molecular flexibility index (Phi) is 7.24. The smallest absolute Gasteiger partial charge is 0.357 e. The summed E-state index contributed by atoms with van der Waals surface area (Å²) in [5, 5.41) is 6.96. The van der Waals surface area contributed by atoms with Crippen molar-refractivity contribution in [3.05, 3.63) is 11.7 Å². The van der Waals surface area contributed by atoms with Gasteiger partial charge in [-0.3, -0.25) is 9.89 Å². The molecule has 1 atom stereocenters. The molecule has 0 spiro atoms. The average Bonchev–Trinajstić information content (AvgIpc) is 3.01. The number of alkyl halides is 3. The molecule has 1 aromatic rings. The van der Waals surface area contributed by atoms with Gasteiger partial charge in [-0.2, -0.15) is 18.2 Å². The first kappa shape index (κ1) is 20.5. The van der Waals surface area contributed by atoms with Crippen LogP contribution < -0.4 is 5.32 Å². The van der Waals surface area contributed by atoms with Gasteiger partial charge in [0.1, 0.15) is 6.04 Å². The van der Waals surface area contributed by atoms with E-state index in [0.29, 0.717) is 57.4 Å². The summed E-state index contributed by atoms with van der Waals surface area (Å²) >= 11 is 0. The highest BCUT2D eigenvalue weighted by Crippen LogP contribution is 2.25. The topological polar surface area (TPSA) is 69.8 Å². The monoisotopic (exact) mass is 376 g/mol. The molecule has 1 saturated heterocycles. The van der Waals surface area contributed by atoms with Crippen LogP contribution in [0.25, 0.3) is 0 Å². The van der Waals surface area contributed by atoms with Gasteiger partial charge in [0.25, 0.3) is 0 Å². The lowest BCUT2D eigenvalue weighted by molar-refractivity contribution is -0.181. The molecular formula is C16H27F3N6O. The van der Waals surface area contributed by atoms with Crippen molar-refractivity contribution in [3.8, 4) is 0 Å². The van der Waals surface area contributed by atoms with Gasteiger partial charge in [-0.1, -0.05) is 5.16 Å². The number of rotatable bonds is 6. The highest BCUT2D eigenvalue weighted by atomic mass is 19.4. The van der Waals surface area contributed by atoms with Gasteiger partial charge in [-0.15, -0.1) is 0 Å². The Bertz CT molecular complexity index is 581. The maximum atomic E-state index is 12.8. The fourth-order valence-electron chi connectivity index (χ4n) is 2.81. The number of aromatic nitrogens is 2. The summed E-state index contributed by atoms with van der Waals surface area (Å²) in [6, 6.07) is -1.41. The van der Waals surface area contributed by atoms with Crippen molar-refractivity contribution in [2.45, 2.75) is 45.8 Å². The maximum absolute atomic E-state index is 12.8. The second-order valence-electron chi connectivity index (χ2n) is 6.32. The van der Waals surface area contributed by atoms with Crippen molar-refractivity contribution in [1.29, 1.82) is 0 Å². The number of aliphatic imine (C=N–C) groups is 1. The molecule has 148 valence electrons. The number of nitrogens with one attached hydrogen (secondary N) is 1. The molecule has 1 aromatic heterocycles. The third-order valence-electron chi connectivity index (χ3n) is 4.35. The summed E-state index contributed by atoms with van der Waals surface area (Å²) < 4.78 is 43.6. The summed E-state index contributed by atoms with van der Waals surface area (Å²) in [5.41, 5.74) is 0. The molecule has 0 aliphatic carbocycles. The van der Waals surface area contributed by atoms with Crippen LogP contribution in [0.5, 0.6) is 0 Å². The van der Waals surface area contributed by atoms with Crippen molar-refractivity contribution in [2.75, 3.05) is 39.3 Å². The number of aryl methyl sites for hydroxylation is 2. The lowest BCUT2D eigenvalue weighted by Crippen LogP contribution is -2.56. The van der Waals surface area contributed by atoms with E-state index in [4.69, 9.17) is 4.52 Å². The molecule has 1 aliphatic rings. The first-order chi connectivity index (χ1) is 12.3. The number of hydrogen-bond donors (Lipinski definition) is 1. The van der Waals surface area contributed by atoms with Crippen LogP contribution in [0.3, 0.4) is 0 Å². The standard InChI is InChI=1S/C16H27F3N6O/c1-4-20-15(21-7-5-6-14-22-13(3)23-26-14)25-10-8-24(9-11-25)12(2)16(17,18)19/h12H,4-11H2,1-3H3,(H,20,21). The number of guanidine groups is 1. The van der Waals surface area contributed by atoms with E-state index in [0.717, 1.165) is 12.4 Å². The van der Waals surface area contributed by atoms with E-state index in [1.807, 2.05) is 11.8 Å². The Labute approximate surface area is 151 Å². The highest BCUT2D eigenvalue weighted by molar-refractivity contribution is 5.80. The quantitative estimate of drug-likeness (QED) is 0.464. The first-order valence-corrected chi connectivity index (χ1v) is 8.94. The van der Waals surface area contributed by atoms with Gasteiger partial charge in [0, 0.05) is 45.7 Å². The highest BCUT2D eigenvalue weighted by Gasteiger charge is 2.41. The zero-order valence-corrected chi connectivity index (χ0v) is 15.5. The second-order valence-corrected chi connectivity index (χ2v) is 6.32. The third kappa shape index (κ3) is 5.86. The molecule has 1 aliphatic heterocycles. The van der Waals surface area contributed by atoms with E-state index < -0.39 is 12.2 Å². The molecule has 1 N–H and O–H groups in total. The Balaban J connectivity index is 1.83. The molecule has 0 radical (unpaired) electrons. The molecule has 0 aromatic carbocycles. The summed E-state index contributed by atoms with van der Waals surface area (Å²) in [7, 11) is 0. The minimum absolute atomic E-state index is 0.367. The Morgan fingerprint density at radius 2 is 2.00 bits per heavy atom. The van der Waals surface area contributed by atoms with Gasteiger partial charge < -0.3 is 14.7 Å². The molecule has 0 bridgehead atoms. The van der Waals surface area contributed by atoms with Crippen molar-refractivity contribution in [2.24, 2.45) is 4.99 Å². The zero-order chi connectivity index (χ0) is 19.2. The summed E-state index contributed by atoms with van der Waals surface area (Å²) in [6.07, 6.45) is -2.77. The number of piperazine rings is 1. The fourth-order valence-corrected chi connectivity index (χ4v) is 2.81. The van der Waals surface area contributed by atoms with Crippen LogP contribution in [-0.2, 0) is 6.42 Å². The number of halogens is 3. The number of hydrogen-bond acceptors (Lipinski definition) is 5. The zero-order valence-electron chi connectivity index (χ0n) is 15.5. The molecule has 2 rings (SSSR count). The van der Waals surface area contributed by atoms with E-state index in [2.05, 4.69) is 20.4 Å². The maximum Gasteiger partial charge on any atom is 0.403 e. The molecule has 26 heavy (non-hydrogen) atoms. The van der Waals surface area contributed by atoms with E-state index in [1.54, 1.807) is 6.92 Å². The van der Waals surface area contributed by atoms with Gasteiger partial charge >= 0.3 is 6.18 Å². The average molecular weight is 376 g/mol. The van der Waals surface area contributed by atoms with E-state index in [1.165, 1.54) is 11.8 Å². The Morgan fingerprint density at radius 3 is 2.54 bits per heavy atom. The summed E-state index contributed by atoms with van der Waals surface area (Å²) in [6.45, 7) is 8.04. The van der Waals surface area contributed by atoms with Crippen LogP contribution in [0.4, 0.5) is 13.2 Å². The van der Waals surface area contributed by atoms with Gasteiger partial charge in [0.2, 0.25) is 5.89 Å². The van der Waals surface area contributed by atoms with Crippen molar-refractivity contribution >= 4 is 5.96 Å². The number of nitrogens with zero attached hydrogens (tertiary/aromatic N) is 5. The van der Waals surface area contributed by atoms with Crippen LogP contribution in [0.2, 0.25) is 0 Å². The van der Waals surface area contributed by atoms with Gasteiger partial charge in [0.15, 0.2) is 11.8 Å². The lowest BCUT2D eigenvalue weighted by Gasteiger charge is -2.39. The van der Waals surface area contributed by atoms with Crippen molar-refractivity contribution in [1.82, 2.24) is 25.3 Å². The van der Waals surface area contributed by atoms with Crippen LogP contribution in [0, 0.1) is 6.92 Å². The summed E-state index contributed by atoms with van der Waals surface area (Å²) in [5.74, 6) is 1.95. The molecule has 7 nitrogen and oxygen atoms in total. The first-order valence-electron chi connectivity index (χ1n) is 8.94.